The van der Waals surface area contributed by atoms with E-state index in [0.29, 0.717) is 26.4 Å². The standard InChI is InChI=1S/C23H26O5Si/c1-24-29(23-15-9-4-10-16-23,27-19-17-25-21-11-5-2-6-12-21)28-20-18-26-22-13-7-3-8-14-22/h2-16H,17-20H2,1H3. The zero-order chi connectivity index (χ0) is 20.2. The van der Waals surface area contributed by atoms with Gasteiger partial charge in [-0.2, -0.15) is 0 Å². The average molecular weight is 411 g/mol. The number of hydrogen-bond acceptors (Lipinski definition) is 5. The van der Waals surface area contributed by atoms with E-state index in [1.54, 1.807) is 7.11 Å². The van der Waals surface area contributed by atoms with Crippen LogP contribution in [0.25, 0.3) is 0 Å². The molecule has 152 valence electrons. The zero-order valence-corrected chi connectivity index (χ0v) is 17.5. The minimum atomic E-state index is -3.08. The van der Waals surface area contributed by atoms with E-state index in [-0.39, 0.29) is 0 Å². The molecule has 0 heterocycles. The van der Waals surface area contributed by atoms with Crippen molar-refractivity contribution in [1.29, 1.82) is 0 Å². The van der Waals surface area contributed by atoms with E-state index in [4.69, 9.17) is 22.8 Å². The molecule has 0 N–H and O–H groups in total. The van der Waals surface area contributed by atoms with Crippen molar-refractivity contribution in [3.63, 3.8) is 0 Å². The molecule has 0 unspecified atom stereocenters. The van der Waals surface area contributed by atoms with Gasteiger partial charge in [0.15, 0.2) is 0 Å². The third-order valence-corrected chi connectivity index (χ3v) is 6.92. The van der Waals surface area contributed by atoms with Crippen molar-refractivity contribution in [1.82, 2.24) is 0 Å². The highest BCUT2D eigenvalue weighted by Gasteiger charge is 2.43. The molecule has 0 aromatic heterocycles. The molecule has 5 nitrogen and oxygen atoms in total. The van der Waals surface area contributed by atoms with Gasteiger partial charge in [0.05, 0.1) is 13.2 Å². The Morgan fingerprint density at radius 3 is 1.38 bits per heavy atom. The number of rotatable bonds is 12. The molecule has 0 bridgehead atoms. The first-order valence-electron chi connectivity index (χ1n) is 9.57. The molecule has 0 radical (unpaired) electrons. The van der Waals surface area contributed by atoms with Crippen molar-refractivity contribution in [3.05, 3.63) is 91.0 Å². The minimum absolute atomic E-state index is 0.351. The fraction of sp³-hybridized carbons (Fsp3) is 0.217. The molecule has 29 heavy (non-hydrogen) atoms. The lowest BCUT2D eigenvalue weighted by Crippen LogP contribution is -2.57. The maximum Gasteiger partial charge on any atom is 0.537 e. The first-order valence-corrected chi connectivity index (χ1v) is 11.3. The third-order valence-electron chi connectivity index (χ3n) is 4.17. The summed E-state index contributed by atoms with van der Waals surface area (Å²) in [6, 6.07) is 29.1. The van der Waals surface area contributed by atoms with Crippen molar-refractivity contribution >= 4 is 14.0 Å². The molecule has 0 fully saturated rings. The van der Waals surface area contributed by atoms with Gasteiger partial charge in [0.2, 0.25) is 0 Å². The van der Waals surface area contributed by atoms with Crippen LogP contribution in [-0.4, -0.2) is 42.3 Å². The summed E-state index contributed by atoms with van der Waals surface area (Å²) in [6.07, 6.45) is 0. The molecule has 0 aliphatic carbocycles. The van der Waals surface area contributed by atoms with Crippen LogP contribution < -0.4 is 14.7 Å². The molecule has 3 rings (SSSR count). The number of benzene rings is 3. The Balaban J connectivity index is 1.57. The maximum atomic E-state index is 6.15. The van der Waals surface area contributed by atoms with E-state index in [1.807, 2.05) is 91.0 Å². The second-order valence-electron chi connectivity index (χ2n) is 6.15. The normalized spacial score (nSPS) is 11.2. The number of para-hydroxylation sites is 2. The highest BCUT2D eigenvalue weighted by Crippen LogP contribution is 2.13. The summed E-state index contributed by atoms with van der Waals surface area (Å²) in [7, 11) is -1.46. The van der Waals surface area contributed by atoms with Gasteiger partial charge < -0.3 is 22.8 Å². The SMILES string of the molecule is CO[Si](OCCOc1ccccc1)(OCCOc1ccccc1)c1ccccc1. The molecule has 0 spiro atoms. The van der Waals surface area contributed by atoms with E-state index < -0.39 is 8.80 Å². The number of ether oxygens (including phenoxy) is 2. The van der Waals surface area contributed by atoms with Crippen molar-refractivity contribution in [3.8, 4) is 11.5 Å². The molecular formula is C23H26O5Si. The fourth-order valence-corrected chi connectivity index (χ4v) is 4.98. The summed E-state index contributed by atoms with van der Waals surface area (Å²) in [6.45, 7) is 1.50. The Morgan fingerprint density at radius 2 is 0.966 bits per heavy atom. The van der Waals surface area contributed by atoms with Gasteiger partial charge in [-0.15, -0.1) is 0 Å². The summed E-state index contributed by atoms with van der Waals surface area (Å²) in [5.74, 6) is 1.61. The Labute approximate surface area is 173 Å². The molecule has 0 aliphatic heterocycles. The Kier molecular flexibility index (Phi) is 8.27. The molecule has 0 amide bonds. The first kappa shape index (κ1) is 21.1. The second-order valence-corrected chi connectivity index (χ2v) is 8.82. The van der Waals surface area contributed by atoms with E-state index in [0.717, 1.165) is 16.7 Å². The van der Waals surface area contributed by atoms with Crippen molar-refractivity contribution in [2.75, 3.05) is 33.5 Å². The smallest absolute Gasteiger partial charge is 0.491 e. The van der Waals surface area contributed by atoms with Crippen LogP contribution in [0.4, 0.5) is 0 Å². The van der Waals surface area contributed by atoms with Crippen LogP contribution in [0, 0.1) is 0 Å². The van der Waals surface area contributed by atoms with Gasteiger partial charge in [0, 0.05) is 12.3 Å². The van der Waals surface area contributed by atoms with Crippen molar-refractivity contribution in [2.24, 2.45) is 0 Å². The molecular weight excluding hydrogens is 384 g/mol. The lowest BCUT2D eigenvalue weighted by Gasteiger charge is -2.28. The first-order chi connectivity index (χ1) is 14.3. The highest BCUT2D eigenvalue weighted by atomic mass is 28.4. The average Bonchev–Trinajstić information content (AvgIpc) is 2.80. The molecule has 0 atom stereocenters. The summed E-state index contributed by atoms with van der Waals surface area (Å²) < 4.78 is 29.6. The minimum Gasteiger partial charge on any atom is -0.491 e. The van der Waals surface area contributed by atoms with Gasteiger partial charge in [-0.1, -0.05) is 66.7 Å². The van der Waals surface area contributed by atoms with Crippen molar-refractivity contribution in [2.45, 2.75) is 0 Å². The Morgan fingerprint density at radius 1 is 0.552 bits per heavy atom. The lowest BCUT2D eigenvalue weighted by atomic mass is 10.3. The third kappa shape index (κ3) is 6.44. The summed E-state index contributed by atoms with van der Waals surface area (Å²) >= 11 is 0. The summed E-state index contributed by atoms with van der Waals surface area (Å²) in [5.41, 5.74) is 0. The van der Waals surface area contributed by atoms with Crippen LogP contribution >= 0.6 is 0 Å². The monoisotopic (exact) mass is 410 g/mol. The van der Waals surface area contributed by atoms with Crippen molar-refractivity contribution < 1.29 is 22.8 Å². The van der Waals surface area contributed by atoms with Crippen LogP contribution in [0.15, 0.2) is 91.0 Å². The molecule has 0 saturated carbocycles. The van der Waals surface area contributed by atoms with Crippen LogP contribution in [0.2, 0.25) is 0 Å². The molecule has 0 saturated heterocycles. The quantitative estimate of drug-likeness (QED) is 0.337. The van der Waals surface area contributed by atoms with Crippen LogP contribution in [-0.2, 0) is 13.3 Å². The van der Waals surface area contributed by atoms with Gasteiger partial charge in [-0.05, 0) is 24.3 Å². The zero-order valence-electron chi connectivity index (χ0n) is 16.5. The number of hydrogen-bond donors (Lipinski definition) is 0. The maximum absolute atomic E-state index is 6.15. The fourth-order valence-electron chi connectivity index (χ4n) is 2.79. The summed E-state index contributed by atoms with van der Waals surface area (Å²) in [4.78, 5) is 0. The Hall–Kier alpha value is -2.64. The van der Waals surface area contributed by atoms with Gasteiger partial charge in [0.25, 0.3) is 0 Å². The van der Waals surface area contributed by atoms with Gasteiger partial charge >= 0.3 is 8.80 Å². The van der Waals surface area contributed by atoms with Crippen LogP contribution in [0.5, 0.6) is 11.5 Å². The van der Waals surface area contributed by atoms with E-state index in [9.17, 15) is 0 Å². The topological polar surface area (TPSA) is 46.2 Å². The predicted octanol–water partition coefficient (Wildman–Crippen LogP) is 3.67. The highest BCUT2D eigenvalue weighted by molar-refractivity contribution is 6.75. The molecule has 0 aliphatic rings. The molecule has 3 aromatic rings. The molecule has 6 heteroatoms. The summed E-state index contributed by atoms with van der Waals surface area (Å²) in [5, 5.41) is 0.905. The lowest BCUT2D eigenvalue weighted by molar-refractivity contribution is 0.0678. The van der Waals surface area contributed by atoms with Crippen LogP contribution in [0.3, 0.4) is 0 Å². The molecule has 3 aromatic carbocycles. The predicted molar refractivity (Wildman–Crippen MR) is 115 cm³/mol. The van der Waals surface area contributed by atoms with Gasteiger partial charge in [-0.3, -0.25) is 0 Å². The largest absolute Gasteiger partial charge is 0.537 e. The van der Waals surface area contributed by atoms with E-state index in [2.05, 4.69) is 0 Å². The van der Waals surface area contributed by atoms with Crippen LogP contribution in [0.1, 0.15) is 0 Å². The Bertz CT molecular complexity index is 767. The van der Waals surface area contributed by atoms with Gasteiger partial charge in [-0.25, -0.2) is 0 Å². The second kappa shape index (κ2) is 11.4. The van der Waals surface area contributed by atoms with E-state index in [1.165, 1.54) is 0 Å². The van der Waals surface area contributed by atoms with Gasteiger partial charge in [0.1, 0.15) is 24.7 Å². The van der Waals surface area contributed by atoms with E-state index >= 15 is 0 Å².